The minimum Gasteiger partial charge on any atom is -0.476 e. The Morgan fingerprint density at radius 2 is 2.14 bits per heavy atom. The lowest BCUT2D eigenvalue weighted by molar-refractivity contribution is 0.292. The Morgan fingerprint density at radius 1 is 1.36 bits per heavy atom. The maximum absolute atomic E-state index is 8.69. The van der Waals surface area contributed by atoms with Crippen LogP contribution in [0, 0.1) is 11.3 Å². The second-order valence-corrected chi connectivity index (χ2v) is 2.88. The number of nitrogens with zero attached hydrogens (tertiary/aromatic N) is 3. The molecule has 0 spiro atoms. The van der Waals surface area contributed by atoms with Gasteiger partial charge in [0.25, 0.3) is 5.88 Å². The van der Waals surface area contributed by atoms with E-state index in [9.17, 15) is 0 Å². The zero-order chi connectivity index (χ0) is 10.2. The molecular weight excluding hydrogens is 178 g/mol. The first-order valence-corrected chi connectivity index (χ1v) is 4.72. The molecule has 0 N–H and O–H groups in total. The molecule has 0 aliphatic heterocycles. The molecule has 0 bridgehead atoms. The van der Waals surface area contributed by atoms with E-state index in [0.717, 1.165) is 19.3 Å². The van der Waals surface area contributed by atoms with Gasteiger partial charge < -0.3 is 4.74 Å². The molecule has 0 radical (unpaired) electrons. The van der Waals surface area contributed by atoms with Crippen molar-refractivity contribution in [2.24, 2.45) is 0 Å². The Labute approximate surface area is 83.6 Å². The third-order valence-corrected chi connectivity index (χ3v) is 1.76. The summed E-state index contributed by atoms with van der Waals surface area (Å²) >= 11 is 0. The van der Waals surface area contributed by atoms with Crippen LogP contribution in [0.4, 0.5) is 0 Å². The van der Waals surface area contributed by atoms with Crippen molar-refractivity contribution in [3.05, 3.63) is 18.1 Å². The number of ether oxygens (including phenoxy) is 1. The lowest BCUT2D eigenvalue weighted by Gasteiger charge is -2.04. The fourth-order valence-corrected chi connectivity index (χ4v) is 1.03. The third-order valence-electron chi connectivity index (χ3n) is 1.76. The number of nitriles is 1. The molecule has 1 aromatic rings. The Balaban J connectivity index is 2.46. The molecule has 0 aromatic carbocycles. The van der Waals surface area contributed by atoms with Crippen LogP contribution in [0.1, 0.15) is 31.9 Å². The van der Waals surface area contributed by atoms with Crippen LogP contribution in [0.5, 0.6) is 5.88 Å². The topological polar surface area (TPSA) is 58.8 Å². The molecule has 4 nitrogen and oxygen atoms in total. The summed E-state index contributed by atoms with van der Waals surface area (Å²) in [6, 6.07) is 1.94. The van der Waals surface area contributed by atoms with Crippen molar-refractivity contribution >= 4 is 0 Å². The van der Waals surface area contributed by atoms with Crippen LogP contribution >= 0.6 is 0 Å². The first-order valence-electron chi connectivity index (χ1n) is 4.72. The molecule has 0 aliphatic rings. The second-order valence-electron chi connectivity index (χ2n) is 2.88. The maximum Gasteiger partial charge on any atom is 0.251 e. The summed E-state index contributed by atoms with van der Waals surface area (Å²) in [6.07, 6.45) is 6.27. The Kier molecular flexibility index (Phi) is 4.42. The van der Waals surface area contributed by atoms with Crippen molar-refractivity contribution < 1.29 is 4.74 Å². The normalized spacial score (nSPS) is 9.43. The predicted molar refractivity (Wildman–Crippen MR) is 51.8 cm³/mol. The number of hydrogen-bond acceptors (Lipinski definition) is 4. The first-order chi connectivity index (χ1) is 6.88. The molecule has 4 heteroatoms. The lowest BCUT2D eigenvalue weighted by Crippen LogP contribution is -2.01. The van der Waals surface area contributed by atoms with Gasteiger partial charge in [-0.05, 0) is 6.42 Å². The van der Waals surface area contributed by atoms with E-state index in [1.54, 1.807) is 0 Å². The Bertz CT molecular complexity index is 319. The number of aromatic nitrogens is 2. The molecule has 0 fully saturated rings. The minimum absolute atomic E-state index is 0.254. The highest BCUT2D eigenvalue weighted by Gasteiger charge is 2.03. The molecule has 74 valence electrons. The van der Waals surface area contributed by atoms with Crippen molar-refractivity contribution in [3.63, 3.8) is 0 Å². The molecule has 14 heavy (non-hydrogen) atoms. The number of rotatable bonds is 5. The zero-order valence-corrected chi connectivity index (χ0v) is 8.23. The average Bonchev–Trinajstić information content (AvgIpc) is 2.25. The van der Waals surface area contributed by atoms with Crippen LogP contribution in [-0.2, 0) is 0 Å². The van der Waals surface area contributed by atoms with Crippen LogP contribution in [0.25, 0.3) is 0 Å². The van der Waals surface area contributed by atoms with E-state index in [4.69, 9.17) is 10.00 Å². The molecule has 1 rings (SSSR count). The highest BCUT2D eigenvalue weighted by Crippen LogP contribution is 2.10. The van der Waals surface area contributed by atoms with Gasteiger partial charge in [-0.1, -0.05) is 19.8 Å². The van der Waals surface area contributed by atoms with Crippen molar-refractivity contribution in [3.8, 4) is 11.9 Å². The molecule has 1 heterocycles. The van der Waals surface area contributed by atoms with Gasteiger partial charge in [-0.15, -0.1) is 0 Å². The molecule has 0 aliphatic carbocycles. The molecular formula is C10H13N3O. The lowest BCUT2D eigenvalue weighted by atomic mass is 10.3. The fraction of sp³-hybridized carbons (Fsp3) is 0.500. The van der Waals surface area contributed by atoms with E-state index in [-0.39, 0.29) is 5.69 Å². The van der Waals surface area contributed by atoms with E-state index in [0.29, 0.717) is 12.5 Å². The summed E-state index contributed by atoms with van der Waals surface area (Å²) in [5.41, 5.74) is 0.254. The zero-order valence-electron chi connectivity index (χ0n) is 8.23. The minimum atomic E-state index is 0.254. The van der Waals surface area contributed by atoms with Gasteiger partial charge in [-0.25, -0.2) is 9.97 Å². The van der Waals surface area contributed by atoms with E-state index >= 15 is 0 Å². The first kappa shape index (κ1) is 10.5. The van der Waals surface area contributed by atoms with Gasteiger partial charge in [0.15, 0.2) is 0 Å². The van der Waals surface area contributed by atoms with Crippen LogP contribution in [0.2, 0.25) is 0 Å². The van der Waals surface area contributed by atoms with Gasteiger partial charge in [-0.3, -0.25) is 0 Å². The highest BCUT2D eigenvalue weighted by molar-refractivity contribution is 5.29. The van der Waals surface area contributed by atoms with E-state index in [1.165, 1.54) is 12.4 Å². The average molecular weight is 191 g/mol. The van der Waals surface area contributed by atoms with Gasteiger partial charge in [0.1, 0.15) is 6.07 Å². The van der Waals surface area contributed by atoms with Crippen molar-refractivity contribution in [1.29, 1.82) is 5.26 Å². The number of hydrogen-bond donors (Lipinski definition) is 0. The summed E-state index contributed by atoms with van der Waals surface area (Å²) in [4.78, 5) is 7.79. The highest BCUT2D eigenvalue weighted by atomic mass is 16.5. The third kappa shape index (κ3) is 3.02. The van der Waals surface area contributed by atoms with E-state index in [2.05, 4.69) is 16.9 Å². The second kappa shape index (κ2) is 5.92. The quantitative estimate of drug-likeness (QED) is 0.667. The van der Waals surface area contributed by atoms with Crippen molar-refractivity contribution in [2.75, 3.05) is 6.61 Å². The smallest absolute Gasteiger partial charge is 0.251 e. The van der Waals surface area contributed by atoms with Crippen molar-refractivity contribution in [1.82, 2.24) is 9.97 Å². The SMILES string of the molecule is CCCCCOc1nccnc1C#N. The maximum atomic E-state index is 8.69. The largest absolute Gasteiger partial charge is 0.476 e. The summed E-state index contributed by atoms with van der Waals surface area (Å²) in [5, 5.41) is 8.69. The Hall–Kier alpha value is -1.63. The van der Waals surface area contributed by atoms with E-state index < -0.39 is 0 Å². The summed E-state index contributed by atoms with van der Waals surface area (Å²) in [5.74, 6) is 0.339. The predicted octanol–water partition coefficient (Wildman–Crippen LogP) is 1.92. The van der Waals surface area contributed by atoms with Gasteiger partial charge in [-0.2, -0.15) is 5.26 Å². The van der Waals surface area contributed by atoms with Crippen LogP contribution in [0.3, 0.4) is 0 Å². The fourth-order valence-electron chi connectivity index (χ4n) is 1.03. The van der Waals surface area contributed by atoms with E-state index in [1.807, 2.05) is 6.07 Å². The molecule has 0 saturated carbocycles. The van der Waals surface area contributed by atoms with Crippen LogP contribution in [-0.4, -0.2) is 16.6 Å². The number of unbranched alkanes of at least 4 members (excludes halogenated alkanes) is 2. The molecule has 1 aromatic heterocycles. The molecule has 0 amide bonds. The van der Waals surface area contributed by atoms with Crippen LogP contribution < -0.4 is 4.74 Å². The van der Waals surface area contributed by atoms with Gasteiger partial charge in [0, 0.05) is 12.4 Å². The summed E-state index contributed by atoms with van der Waals surface area (Å²) in [7, 11) is 0. The van der Waals surface area contributed by atoms with Gasteiger partial charge >= 0.3 is 0 Å². The summed E-state index contributed by atoms with van der Waals surface area (Å²) < 4.78 is 5.33. The van der Waals surface area contributed by atoms with Gasteiger partial charge in [0.05, 0.1) is 6.61 Å². The Morgan fingerprint density at radius 3 is 2.86 bits per heavy atom. The van der Waals surface area contributed by atoms with Crippen LogP contribution in [0.15, 0.2) is 12.4 Å². The molecule has 0 unspecified atom stereocenters. The van der Waals surface area contributed by atoms with Gasteiger partial charge in [0.2, 0.25) is 5.69 Å². The van der Waals surface area contributed by atoms with Crippen molar-refractivity contribution in [2.45, 2.75) is 26.2 Å². The standard InChI is InChI=1S/C10H13N3O/c1-2-3-4-7-14-10-9(8-11)12-5-6-13-10/h5-6H,2-4,7H2,1H3. The monoisotopic (exact) mass is 191 g/mol. The molecule has 0 saturated heterocycles. The molecule has 0 atom stereocenters. The summed E-state index contributed by atoms with van der Waals surface area (Å²) in [6.45, 7) is 2.73.